The van der Waals surface area contributed by atoms with Gasteiger partial charge in [-0.1, -0.05) is 36.4 Å². The number of aromatic amines is 1. The van der Waals surface area contributed by atoms with Crippen molar-refractivity contribution in [2.45, 2.75) is 6.42 Å². The fraction of sp³-hybridized carbons (Fsp3) is 0.130. The number of thiophene rings is 1. The van der Waals surface area contributed by atoms with E-state index in [4.69, 9.17) is 0 Å². The van der Waals surface area contributed by atoms with E-state index in [2.05, 4.69) is 25.8 Å². The SMILES string of the molecule is O=C(NCCCNC(=O)c1cc(-c2cccs2)[nH]n1)c1cc(-c2ccccc2)ccn1. The minimum absolute atomic E-state index is 0.239. The number of pyridine rings is 1. The minimum atomic E-state index is -0.248. The Balaban J connectivity index is 1.22. The van der Waals surface area contributed by atoms with Crippen molar-refractivity contribution in [1.82, 2.24) is 25.8 Å². The summed E-state index contributed by atoms with van der Waals surface area (Å²) in [6.07, 6.45) is 2.23. The van der Waals surface area contributed by atoms with Crippen LogP contribution in [0.5, 0.6) is 0 Å². The summed E-state index contributed by atoms with van der Waals surface area (Å²) in [7, 11) is 0. The lowest BCUT2D eigenvalue weighted by Crippen LogP contribution is -2.30. The fourth-order valence-corrected chi connectivity index (χ4v) is 3.73. The van der Waals surface area contributed by atoms with Crippen LogP contribution in [0, 0.1) is 0 Å². The van der Waals surface area contributed by atoms with Crippen LogP contribution in [0.3, 0.4) is 0 Å². The molecule has 3 N–H and O–H groups in total. The highest BCUT2D eigenvalue weighted by atomic mass is 32.1. The average Bonchev–Trinajstić information content (AvgIpc) is 3.51. The summed E-state index contributed by atoms with van der Waals surface area (Å²) < 4.78 is 0. The zero-order chi connectivity index (χ0) is 21.5. The van der Waals surface area contributed by atoms with Gasteiger partial charge in [-0.3, -0.25) is 19.7 Å². The number of nitrogens with one attached hydrogen (secondary N) is 3. The third kappa shape index (κ3) is 5.23. The van der Waals surface area contributed by atoms with Crippen molar-refractivity contribution in [3.05, 3.63) is 83.6 Å². The highest BCUT2D eigenvalue weighted by molar-refractivity contribution is 7.13. The Labute approximate surface area is 183 Å². The van der Waals surface area contributed by atoms with E-state index in [1.807, 2.05) is 53.9 Å². The van der Waals surface area contributed by atoms with Crippen LogP contribution >= 0.6 is 11.3 Å². The molecule has 0 saturated carbocycles. The number of carbonyl (C=O) groups excluding carboxylic acids is 2. The molecular weight excluding hydrogens is 410 g/mol. The molecule has 4 aromatic rings. The molecule has 0 spiro atoms. The molecule has 0 bridgehead atoms. The molecule has 7 nitrogen and oxygen atoms in total. The highest BCUT2D eigenvalue weighted by Crippen LogP contribution is 2.23. The number of carbonyl (C=O) groups is 2. The molecule has 0 aliphatic carbocycles. The normalized spacial score (nSPS) is 10.6. The van der Waals surface area contributed by atoms with Crippen LogP contribution in [0.25, 0.3) is 21.7 Å². The van der Waals surface area contributed by atoms with Crippen LogP contribution in [0.2, 0.25) is 0 Å². The molecule has 3 heterocycles. The summed E-state index contributed by atoms with van der Waals surface area (Å²) in [4.78, 5) is 29.8. The molecule has 4 rings (SSSR count). The molecular formula is C23H21N5O2S. The second-order valence-electron chi connectivity index (χ2n) is 6.81. The van der Waals surface area contributed by atoms with Gasteiger partial charge in [0.1, 0.15) is 5.69 Å². The maximum atomic E-state index is 12.4. The van der Waals surface area contributed by atoms with Gasteiger partial charge >= 0.3 is 0 Å². The number of amides is 2. The zero-order valence-corrected chi connectivity index (χ0v) is 17.5. The molecule has 31 heavy (non-hydrogen) atoms. The Morgan fingerprint density at radius 3 is 2.39 bits per heavy atom. The Kier molecular flexibility index (Phi) is 6.49. The van der Waals surface area contributed by atoms with Gasteiger partial charge < -0.3 is 10.6 Å². The summed E-state index contributed by atoms with van der Waals surface area (Å²) in [6, 6.07) is 19.1. The lowest BCUT2D eigenvalue weighted by Gasteiger charge is -2.07. The molecule has 0 aliphatic rings. The van der Waals surface area contributed by atoms with E-state index in [-0.39, 0.29) is 11.8 Å². The molecule has 3 aromatic heterocycles. The standard InChI is InChI=1S/C23H21N5O2S/c29-22(19-14-17(9-12-24-19)16-6-2-1-3-7-16)25-10-5-11-26-23(30)20-15-18(27-28-20)21-8-4-13-31-21/h1-4,6-9,12-15H,5,10-11H2,(H,25,29)(H,26,30)(H,27,28). The zero-order valence-electron chi connectivity index (χ0n) is 16.7. The van der Waals surface area contributed by atoms with Crippen molar-refractivity contribution in [1.29, 1.82) is 0 Å². The van der Waals surface area contributed by atoms with E-state index in [0.29, 0.717) is 30.9 Å². The molecule has 156 valence electrons. The number of benzene rings is 1. The van der Waals surface area contributed by atoms with Crippen molar-refractivity contribution in [3.8, 4) is 21.7 Å². The van der Waals surface area contributed by atoms with Crippen LogP contribution < -0.4 is 10.6 Å². The predicted molar refractivity (Wildman–Crippen MR) is 121 cm³/mol. The van der Waals surface area contributed by atoms with Gasteiger partial charge in [-0.05, 0) is 47.2 Å². The number of nitrogens with zero attached hydrogens (tertiary/aromatic N) is 2. The van der Waals surface area contributed by atoms with E-state index in [0.717, 1.165) is 21.7 Å². The summed E-state index contributed by atoms with van der Waals surface area (Å²) >= 11 is 1.58. The maximum absolute atomic E-state index is 12.4. The van der Waals surface area contributed by atoms with E-state index in [1.54, 1.807) is 29.7 Å². The van der Waals surface area contributed by atoms with Crippen LogP contribution in [0.4, 0.5) is 0 Å². The van der Waals surface area contributed by atoms with Gasteiger partial charge in [-0.25, -0.2) is 0 Å². The number of hydrogen-bond acceptors (Lipinski definition) is 5. The van der Waals surface area contributed by atoms with Crippen LogP contribution in [0.1, 0.15) is 27.4 Å². The average molecular weight is 432 g/mol. The van der Waals surface area contributed by atoms with Crippen molar-refractivity contribution >= 4 is 23.2 Å². The number of hydrogen-bond donors (Lipinski definition) is 3. The van der Waals surface area contributed by atoms with E-state index in [1.165, 1.54) is 0 Å². The largest absolute Gasteiger partial charge is 0.351 e. The minimum Gasteiger partial charge on any atom is -0.351 e. The first-order valence-corrected chi connectivity index (χ1v) is 10.8. The van der Waals surface area contributed by atoms with Crippen molar-refractivity contribution < 1.29 is 9.59 Å². The van der Waals surface area contributed by atoms with Crippen molar-refractivity contribution in [3.63, 3.8) is 0 Å². The molecule has 1 aromatic carbocycles. The topological polar surface area (TPSA) is 99.8 Å². The van der Waals surface area contributed by atoms with Crippen LogP contribution in [0.15, 0.2) is 72.2 Å². The monoisotopic (exact) mass is 431 g/mol. The summed E-state index contributed by atoms with van der Waals surface area (Å²) in [6.45, 7) is 0.856. The lowest BCUT2D eigenvalue weighted by molar-refractivity contribution is 0.0946. The molecule has 2 amide bonds. The van der Waals surface area contributed by atoms with Gasteiger partial charge in [0, 0.05) is 19.3 Å². The summed E-state index contributed by atoms with van der Waals surface area (Å²) in [5, 5.41) is 14.6. The van der Waals surface area contributed by atoms with Gasteiger partial charge in [0.15, 0.2) is 5.69 Å². The second kappa shape index (κ2) is 9.82. The molecule has 0 fully saturated rings. The molecule has 0 radical (unpaired) electrons. The van der Waals surface area contributed by atoms with Gasteiger partial charge in [-0.15, -0.1) is 11.3 Å². The van der Waals surface area contributed by atoms with Crippen LogP contribution in [-0.2, 0) is 0 Å². The number of aromatic nitrogens is 3. The third-order valence-electron chi connectivity index (χ3n) is 4.62. The summed E-state index contributed by atoms with van der Waals surface area (Å²) in [5.41, 5.74) is 3.49. The van der Waals surface area contributed by atoms with Crippen molar-refractivity contribution in [2.75, 3.05) is 13.1 Å². The second-order valence-corrected chi connectivity index (χ2v) is 7.75. The number of H-pyrrole nitrogens is 1. The highest BCUT2D eigenvalue weighted by Gasteiger charge is 2.12. The van der Waals surface area contributed by atoms with E-state index >= 15 is 0 Å². The van der Waals surface area contributed by atoms with E-state index < -0.39 is 0 Å². The third-order valence-corrected chi connectivity index (χ3v) is 5.52. The van der Waals surface area contributed by atoms with Gasteiger partial charge in [0.2, 0.25) is 0 Å². The first-order valence-electron chi connectivity index (χ1n) is 9.88. The van der Waals surface area contributed by atoms with E-state index in [9.17, 15) is 9.59 Å². The smallest absolute Gasteiger partial charge is 0.271 e. The molecule has 0 aliphatic heterocycles. The van der Waals surface area contributed by atoms with Gasteiger partial charge in [-0.2, -0.15) is 5.10 Å². The summed E-state index contributed by atoms with van der Waals surface area (Å²) in [5.74, 6) is -0.486. The Morgan fingerprint density at radius 1 is 0.871 bits per heavy atom. The predicted octanol–water partition coefficient (Wildman–Crippen LogP) is 3.75. The van der Waals surface area contributed by atoms with Gasteiger partial charge in [0.25, 0.3) is 11.8 Å². The Morgan fingerprint density at radius 2 is 1.65 bits per heavy atom. The lowest BCUT2D eigenvalue weighted by atomic mass is 10.1. The van der Waals surface area contributed by atoms with Gasteiger partial charge in [0.05, 0.1) is 10.6 Å². The first kappa shape index (κ1) is 20.5. The van der Waals surface area contributed by atoms with Crippen LogP contribution in [-0.4, -0.2) is 40.1 Å². The Hall–Kier alpha value is -3.78. The molecule has 8 heteroatoms. The quantitative estimate of drug-likeness (QED) is 0.370. The molecule has 0 saturated heterocycles. The molecule has 0 unspecified atom stereocenters. The maximum Gasteiger partial charge on any atom is 0.271 e. The number of rotatable bonds is 8. The molecule has 0 atom stereocenters. The fourth-order valence-electron chi connectivity index (χ4n) is 3.03. The first-order chi connectivity index (χ1) is 15.2. The van der Waals surface area contributed by atoms with Crippen molar-refractivity contribution in [2.24, 2.45) is 0 Å². The Bertz CT molecular complexity index is 1160.